The van der Waals surface area contributed by atoms with Crippen molar-refractivity contribution in [3.8, 4) is 6.07 Å². The van der Waals surface area contributed by atoms with E-state index < -0.39 is 17.9 Å². The number of nitrogens with two attached hydrogens (primary N) is 1. The molecule has 0 aliphatic rings. The van der Waals surface area contributed by atoms with Crippen molar-refractivity contribution in [2.45, 2.75) is 18.4 Å². The maximum atomic E-state index is 13.2. The molecule has 3 aromatic rings. The number of nitrogens with zero attached hydrogens (tertiary/aromatic N) is 1. The summed E-state index contributed by atoms with van der Waals surface area (Å²) in [5.74, 6) is -1.54. The summed E-state index contributed by atoms with van der Waals surface area (Å²) < 4.78 is 0. The third-order valence-corrected chi connectivity index (χ3v) is 4.75. The Hall–Kier alpha value is -3.91. The van der Waals surface area contributed by atoms with Crippen LogP contribution in [-0.2, 0) is 16.0 Å². The zero-order valence-corrected chi connectivity index (χ0v) is 15.8. The fourth-order valence-electron chi connectivity index (χ4n) is 3.29. The Morgan fingerprint density at radius 1 is 0.862 bits per heavy atom. The van der Waals surface area contributed by atoms with Crippen molar-refractivity contribution in [3.63, 3.8) is 0 Å². The van der Waals surface area contributed by atoms with Gasteiger partial charge in [-0.2, -0.15) is 5.26 Å². The molecule has 0 aliphatic carbocycles. The number of rotatable bonds is 7. The van der Waals surface area contributed by atoms with Gasteiger partial charge in [0.1, 0.15) is 6.04 Å². The highest BCUT2D eigenvalue weighted by Gasteiger charge is 2.27. The van der Waals surface area contributed by atoms with Gasteiger partial charge >= 0.3 is 0 Å². The second kappa shape index (κ2) is 9.34. The van der Waals surface area contributed by atoms with E-state index in [2.05, 4.69) is 11.4 Å². The van der Waals surface area contributed by atoms with Crippen LogP contribution in [0.4, 0.5) is 0 Å². The summed E-state index contributed by atoms with van der Waals surface area (Å²) in [7, 11) is 0. The largest absolute Gasteiger partial charge is 0.368 e. The number of hydrogen-bond acceptors (Lipinski definition) is 3. The van der Waals surface area contributed by atoms with Crippen LogP contribution in [0.1, 0.15) is 28.2 Å². The minimum absolute atomic E-state index is 0.154. The molecule has 0 fully saturated rings. The fourth-order valence-corrected chi connectivity index (χ4v) is 3.29. The van der Waals surface area contributed by atoms with Gasteiger partial charge in [0.2, 0.25) is 11.8 Å². The Labute approximate surface area is 169 Å². The fraction of sp³-hybridized carbons (Fsp3) is 0.125. The maximum Gasteiger partial charge on any atom is 0.240 e. The molecule has 0 unspecified atom stereocenters. The molecule has 3 rings (SSSR count). The molecule has 0 aliphatic heterocycles. The highest BCUT2D eigenvalue weighted by molar-refractivity contribution is 5.92. The first kappa shape index (κ1) is 19.8. The zero-order chi connectivity index (χ0) is 20.6. The molecule has 3 N–H and O–H groups in total. The normalized spacial score (nSPS) is 11.4. The summed E-state index contributed by atoms with van der Waals surface area (Å²) in [5.41, 5.74) is 8.31. The second-order valence-corrected chi connectivity index (χ2v) is 6.69. The average molecular weight is 383 g/mol. The SMILES string of the molecule is N#Cc1ccccc1C[C@H](NC(=O)C(c1ccccc1)c1ccccc1)C(N)=O. The number of carbonyl (C=O) groups excluding carboxylic acids is 2. The third-order valence-electron chi connectivity index (χ3n) is 4.75. The molecular weight excluding hydrogens is 362 g/mol. The van der Waals surface area contributed by atoms with Crippen molar-refractivity contribution in [3.05, 3.63) is 107 Å². The Morgan fingerprint density at radius 2 is 1.38 bits per heavy atom. The standard InChI is InChI=1S/C24H21N3O2/c25-16-20-14-8-7-13-19(20)15-21(23(26)28)27-24(29)22(17-9-3-1-4-10-17)18-11-5-2-6-12-18/h1-14,21-22H,15H2,(H2,26,28)(H,27,29)/t21-/m0/s1. The number of hydrogen-bond donors (Lipinski definition) is 2. The molecule has 0 saturated carbocycles. The van der Waals surface area contributed by atoms with Gasteiger partial charge in [0.25, 0.3) is 0 Å². The number of benzene rings is 3. The van der Waals surface area contributed by atoms with E-state index in [9.17, 15) is 14.9 Å². The molecule has 29 heavy (non-hydrogen) atoms. The van der Waals surface area contributed by atoms with Gasteiger partial charge in [-0.15, -0.1) is 0 Å². The summed E-state index contributed by atoms with van der Waals surface area (Å²) in [6.07, 6.45) is 0.154. The number of nitriles is 1. The molecule has 5 heteroatoms. The molecule has 0 spiro atoms. The molecule has 0 bridgehead atoms. The monoisotopic (exact) mass is 383 g/mol. The Kier molecular flexibility index (Phi) is 6.39. The number of carbonyl (C=O) groups is 2. The topological polar surface area (TPSA) is 96.0 Å². The molecule has 2 amide bonds. The Morgan fingerprint density at radius 3 is 1.90 bits per heavy atom. The summed E-state index contributed by atoms with van der Waals surface area (Å²) in [6.45, 7) is 0. The van der Waals surface area contributed by atoms with Crippen LogP contribution in [0.15, 0.2) is 84.9 Å². The summed E-state index contributed by atoms with van der Waals surface area (Å²) in [5, 5.41) is 12.1. The molecule has 5 nitrogen and oxygen atoms in total. The van der Waals surface area contributed by atoms with Crippen molar-refractivity contribution in [1.29, 1.82) is 5.26 Å². The van der Waals surface area contributed by atoms with Gasteiger partial charge in [-0.3, -0.25) is 9.59 Å². The van der Waals surface area contributed by atoms with E-state index >= 15 is 0 Å². The lowest BCUT2D eigenvalue weighted by Crippen LogP contribution is -2.47. The maximum absolute atomic E-state index is 13.2. The van der Waals surface area contributed by atoms with Crippen LogP contribution in [0.3, 0.4) is 0 Å². The van der Waals surface area contributed by atoms with Crippen LogP contribution in [0.5, 0.6) is 0 Å². The summed E-state index contributed by atoms with van der Waals surface area (Å²) >= 11 is 0. The lowest BCUT2D eigenvalue weighted by Gasteiger charge is -2.22. The summed E-state index contributed by atoms with van der Waals surface area (Å²) in [4.78, 5) is 25.3. The third kappa shape index (κ3) is 4.88. The van der Waals surface area contributed by atoms with E-state index in [1.54, 1.807) is 24.3 Å². The van der Waals surface area contributed by atoms with Crippen LogP contribution in [0, 0.1) is 11.3 Å². The van der Waals surface area contributed by atoms with E-state index in [0.717, 1.165) is 11.1 Å². The van der Waals surface area contributed by atoms with Crippen LogP contribution in [0.2, 0.25) is 0 Å². The predicted octanol–water partition coefficient (Wildman–Crippen LogP) is 2.90. The lowest BCUT2D eigenvalue weighted by atomic mass is 9.90. The molecular formula is C24H21N3O2. The van der Waals surface area contributed by atoms with E-state index in [1.165, 1.54) is 0 Å². The van der Waals surface area contributed by atoms with Crippen molar-refractivity contribution in [2.75, 3.05) is 0 Å². The van der Waals surface area contributed by atoms with Crippen LogP contribution in [0.25, 0.3) is 0 Å². The van der Waals surface area contributed by atoms with E-state index in [1.807, 2.05) is 60.7 Å². The summed E-state index contributed by atoms with van der Waals surface area (Å²) in [6, 6.07) is 26.9. The van der Waals surface area contributed by atoms with Crippen LogP contribution < -0.4 is 11.1 Å². The van der Waals surface area contributed by atoms with E-state index in [0.29, 0.717) is 11.1 Å². The van der Waals surface area contributed by atoms with Gasteiger partial charge < -0.3 is 11.1 Å². The van der Waals surface area contributed by atoms with E-state index in [-0.39, 0.29) is 12.3 Å². The van der Waals surface area contributed by atoms with Crippen molar-refractivity contribution in [1.82, 2.24) is 5.32 Å². The molecule has 0 aromatic heterocycles. The molecule has 0 radical (unpaired) electrons. The molecule has 3 aromatic carbocycles. The van der Waals surface area contributed by atoms with Gasteiger partial charge in [0, 0.05) is 6.42 Å². The minimum atomic E-state index is -0.924. The first-order chi connectivity index (χ1) is 14.1. The highest BCUT2D eigenvalue weighted by Crippen LogP contribution is 2.25. The van der Waals surface area contributed by atoms with Crippen LogP contribution in [-0.4, -0.2) is 17.9 Å². The first-order valence-electron chi connectivity index (χ1n) is 9.27. The van der Waals surface area contributed by atoms with Gasteiger partial charge in [-0.05, 0) is 22.8 Å². The second-order valence-electron chi connectivity index (χ2n) is 6.69. The Bertz CT molecular complexity index is 987. The van der Waals surface area contributed by atoms with Crippen molar-refractivity contribution in [2.24, 2.45) is 5.73 Å². The first-order valence-corrected chi connectivity index (χ1v) is 9.27. The Balaban J connectivity index is 1.89. The highest BCUT2D eigenvalue weighted by atomic mass is 16.2. The lowest BCUT2D eigenvalue weighted by molar-refractivity contribution is -0.127. The van der Waals surface area contributed by atoms with Crippen molar-refractivity contribution < 1.29 is 9.59 Å². The van der Waals surface area contributed by atoms with Gasteiger partial charge in [-0.1, -0.05) is 78.9 Å². The van der Waals surface area contributed by atoms with E-state index in [4.69, 9.17) is 5.73 Å². The van der Waals surface area contributed by atoms with Crippen LogP contribution >= 0.6 is 0 Å². The molecule has 144 valence electrons. The quantitative estimate of drug-likeness (QED) is 0.657. The average Bonchev–Trinajstić information content (AvgIpc) is 2.75. The van der Waals surface area contributed by atoms with Crippen molar-refractivity contribution >= 4 is 11.8 Å². The number of nitrogens with one attached hydrogen (secondary N) is 1. The van der Waals surface area contributed by atoms with Gasteiger partial charge in [0.15, 0.2) is 0 Å². The number of primary amides is 1. The zero-order valence-electron chi connectivity index (χ0n) is 15.8. The number of amides is 2. The molecule has 1 atom stereocenters. The van der Waals surface area contributed by atoms with Gasteiger partial charge in [-0.25, -0.2) is 0 Å². The molecule has 0 saturated heterocycles. The van der Waals surface area contributed by atoms with Gasteiger partial charge in [0.05, 0.1) is 17.6 Å². The predicted molar refractivity (Wildman–Crippen MR) is 111 cm³/mol. The molecule has 0 heterocycles. The minimum Gasteiger partial charge on any atom is -0.368 e. The smallest absolute Gasteiger partial charge is 0.240 e.